The second kappa shape index (κ2) is 5.12. The van der Waals surface area contributed by atoms with E-state index in [-0.39, 0.29) is 0 Å². The maximum atomic E-state index is 5.19. The van der Waals surface area contributed by atoms with Crippen LogP contribution in [0.5, 0.6) is 0 Å². The third-order valence-corrected chi connectivity index (χ3v) is 2.69. The first kappa shape index (κ1) is 11.8. The van der Waals surface area contributed by atoms with Gasteiger partial charge >= 0.3 is 0 Å². The van der Waals surface area contributed by atoms with Crippen LogP contribution in [0.4, 0.5) is 0 Å². The van der Waals surface area contributed by atoms with Crippen molar-refractivity contribution in [1.29, 1.82) is 0 Å². The van der Waals surface area contributed by atoms with Gasteiger partial charge < -0.3 is 4.52 Å². The zero-order valence-electron chi connectivity index (χ0n) is 10.6. The first-order valence-corrected chi connectivity index (χ1v) is 6.00. The first-order chi connectivity index (χ1) is 8.19. The van der Waals surface area contributed by atoms with Crippen LogP contribution in [-0.4, -0.2) is 19.9 Å². The molecule has 0 bridgehead atoms. The highest BCUT2D eigenvalue weighted by Gasteiger charge is 2.09. The summed E-state index contributed by atoms with van der Waals surface area (Å²) in [6.07, 6.45) is 3.77. The smallest absolute Gasteiger partial charge is 0.226 e. The predicted molar refractivity (Wildman–Crippen MR) is 63.7 cm³/mol. The molecule has 0 unspecified atom stereocenters. The molecule has 5 nitrogen and oxygen atoms in total. The van der Waals surface area contributed by atoms with Crippen molar-refractivity contribution in [2.45, 2.75) is 39.5 Å². The zero-order valence-corrected chi connectivity index (χ0v) is 10.6. The first-order valence-electron chi connectivity index (χ1n) is 6.00. The molecule has 92 valence electrons. The molecular weight excluding hydrogens is 216 g/mol. The van der Waals surface area contributed by atoms with Gasteiger partial charge in [0.15, 0.2) is 5.82 Å². The Labute approximate surface area is 101 Å². The lowest BCUT2D eigenvalue weighted by Gasteiger charge is -1.95. The summed E-state index contributed by atoms with van der Waals surface area (Å²) >= 11 is 0. The molecule has 2 aromatic heterocycles. The van der Waals surface area contributed by atoms with Crippen molar-refractivity contribution in [3.05, 3.63) is 29.2 Å². The summed E-state index contributed by atoms with van der Waals surface area (Å²) in [7, 11) is 1.93. The SMILES string of the molecule is CCCCc1nc(Cc2cc(C)nn2C)no1. The molecule has 0 fully saturated rings. The minimum Gasteiger partial charge on any atom is -0.339 e. The normalized spacial score (nSPS) is 11.0. The number of nitrogens with zero attached hydrogens (tertiary/aromatic N) is 4. The van der Waals surface area contributed by atoms with Crippen LogP contribution in [0.3, 0.4) is 0 Å². The van der Waals surface area contributed by atoms with Gasteiger partial charge in [0.25, 0.3) is 0 Å². The van der Waals surface area contributed by atoms with Gasteiger partial charge in [-0.05, 0) is 19.4 Å². The molecule has 0 N–H and O–H groups in total. The number of rotatable bonds is 5. The van der Waals surface area contributed by atoms with E-state index in [9.17, 15) is 0 Å². The van der Waals surface area contributed by atoms with Crippen LogP contribution in [0.1, 0.15) is 42.9 Å². The molecule has 2 aromatic rings. The Morgan fingerprint density at radius 1 is 1.41 bits per heavy atom. The largest absolute Gasteiger partial charge is 0.339 e. The van der Waals surface area contributed by atoms with E-state index < -0.39 is 0 Å². The molecule has 0 saturated heterocycles. The van der Waals surface area contributed by atoms with Gasteiger partial charge in [0, 0.05) is 19.2 Å². The fourth-order valence-corrected chi connectivity index (χ4v) is 1.78. The van der Waals surface area contributed by atoms with Crippen molar-refractivity contribution in [2.75, 3.05) is 0 Å². The molecule has 17 heavy (non-hydrogen) atoms. The van der Waals surface area contributed by atoms with E-state index in [0.29, 0.717) is 6.42 Å². The second-order valence-electron chi connectivity index (χ2n) is 4.29. The average Bonchev–Trinajstić information content (AvgIpc) is 2.84. The van der Waals surface area contributed by atoms with E-state index in [4.69, 9.17) is 4.52 Å². The third-order valence-electron chi connectivity index (χ3n) is 2.69. The van der Waals surface area contributed by atoms with E-state index in [1.807, 2.05) is 24.7 Å². The van der Waals surface area contributed by atoms with Crippen LogP contribution >= 0.6 is 0 Å². The molecule has 0 amide bonds. The topological polar surface area (TPSA) is 56.7 Å². The Morgan fingerprint density at radius 3 is 2.88 bits per heavy atom. The summed E-state index contributed by atoms with van der Waals surface area (Å²) in [4.78, 5) is 4.37. The molecule has 0 radical (unpaired) electrons. The van der Waals surface area contributed by atoms with E-state index >= 15 is 0 Å². The van der Waals surface area contributed by atoms with E-state index in [1.54, 1.807) is 0 Å². The standard InChI is InChI=1S/C12H18N4O/c1-4-5-6-12-13-11(15-17-12)8-10-7-9(2)14-16(10)3/h7H,4-6,8H2,1-3H3. The summed E-state index contributed by atoms with van der Waals surface area (Å²) < 4.78 is 7.05. The van der Waals surface area contributed by atoms with Gasteiger partial charge in [-0.2, -0.15) is 10.1 Å². The molecule has 2 rings (SSSR count). The van der Waals surface area contributed by atoms with Gasteiger partial charge in [-0.25, -0.2) is 0 Å². The number of unbranched alkanes of at least 4 members (excludes halogenated alkanes) is 1. The molecular formula is C12H18N4O. The van der Waals surface area contributed by atoms with E-state index in [0.717, 1.165) is 42.4 Å². The van der Waals surface area contributed by atoms with Crippen LogP contribution in [0.15, 0.2) is 10.6 Å². The predicted octanol–water partition coefficient (Wildman–Crippen LogP) is 2.04. The maximum Gasteiger partial charge on any atom is 0.226 e. The molecule has 0 atom stereocenters. The molecule has 2 heterocycles. The summed E-state index contributed by atoms with van der Waals surface area (Å²) in [5, 5.41) is 8.28. The molecule has 0 spiro atoms. The third kappa shape index (κ3) is 2.93. The summed E-state index contributed by atoms with van der Waals surface area (Å²) in [5.74, 6) is 1.47. The van der Waals surface area contributed by atoms with Crippen LogP contribution in [0.2, 0.25) is 0 Å². The molecule has 0 aromatic carbocycles. The van der Waals surface area contributed by atoms with E-state index in [1.165, 1.54) is 0 Å². The van der Waals surface area contributed by atoms with Crippen molar-refractivity contribution in [3.63, 3.8) is 0 Å². The van der Waals surface area contributed by atoms with Crippen LogP contribution in [-0.2, 0) is 19.9 Å². The quantitative estimate of drug-likeness (QED) is 0.794. The van der Waals surface area contributed by atoms with Crippen molar-refractivity contribution >= 4 is 0 Å². The summed E-state index contributed by atoms with van der Waals surface area (Å²) in [6, 6.07) is 2.04. The monoisotopic (exact) mass is 234 g/mol. The summed E-state index contributed by atoms with van der Waals surface area (Å²) in [6.45, 7) is 4.13. The Hall–Kier alpha value is -1.65. The lowest BCUT2D eigenvalue weighted by molar-refractivity contribution is 0.370. The molecule has 0 aliphatic heterocycles. The van der Waals surface area contributed by atoms with E-state index in [2.05, 4.69) is 22.2 Å². The van der Waals surface area contributed by atoms with Crippen molar-refractivity contribution in [1.82, 2.24) is 19.9 Å². The lowest BCUT2D eigenvalue weighted by atomic mass is 10.2. The maximum absolute atomic E-state index is 5.19. The Kier molecular flexibility index (Phi) is 3.56. The average molecular weight is 234 g/mol. The van der Waals surface area contributed by atoms with Gasteiger partial charge in [0.1, 0.15) is 0 Å². The lowest BCUT2D eigenvalue weighted by Crippen LogP contribution is -2.00. The number of hydrogen-bond donors (Lipinski definition) is 0. The molecule has 0 saturated carbocycles. The Morgan fingerprint density at radius 2 is 2.24 bits per heavy atom. The highest BCUT2D eigenvalue weighted by molar-refractivity contribution is 5.13. The molecule has 0 aliphatic rings. The second-order valence-corrected chi connectivity index (χ2v) is 4.29. The van der Waals surface area contributed by atoms with Gasteiger partial charge in [0.2, 0.25) is 5.89 Å². The fourth-order valence-electron chi connectivity index (χ4n) is 1.78. The fraction of sp³-hybridized carbons (Fsp3) is 0.583. The van der Waals surface area contributed by atoms with Crippen molar-refractivity contribution < 1.29 is 4.52 Å². The number of aromatic nitrogens is 4. The molecule has 0 aliphatic carbocycles. The Balaban J connectivity index is 2.03. The summed E-state index contributed by atoms with van der Waals surface area (Å²) in [5.41, 5.74) is 2.11. The van der Waals surface area contributed by atoms with Crippen LogP contribution in [0, 0.1) is 6.92 Å². The minimum atomic E-state index is 0.674. The zero-order chi connectivity index (χ0) is 12.3. The van der Waals surface area contributed by atoms with Crippen molar-refractivity contribution in [2.24, 2.45) is 7.05 Å². The highest BCUT2D eigenvalue weighted by atomic mass is 16.5. The van der Waals surface area contributed by atoms with Crippen LogP contribution in [0.25, 0.3) is 0 Å². The van der Waals surface area contributed by atoms with Gasteiger partial charge in [-0.3, -0.25) is 4.68 Å². The number of hydrogen-bond acceptors (Lipinski definition) is 4. The van der Waals surface area contributed by atoms with Gasteiger partial charge in [-0.1, -0.05) is 18.5 Å². The Bertz CT molecular complexity index is 486. The van der Waals surface area contributed by atoms with Gasteiger partial charge in [-0.15, -0.1) is 0 Å². The highest BCUT2D eigenvalue weighted by Crippen LogP contribution is 2.09. The van der Waals surface area contributed by atoms with Crippen molar-refractivity contribution in [3.8, 4) is 0 Å². The minimum absolute atomic E-state index is 0.674. The number of aryl methyl sites for hydroxylation is 3. The van der Waals surface area contributed by atoms with Crippen LogP contribution < -0.4 is 0 Å². The molecule has 5 heteroatoms. The van der Waals surface area contributed by atoms with Gasteiger partial charge in [0.05, 0.1) is 12.1 Å².